The van der Waals surface area contributed by atoms with Crippen molar-refractivity contribution in [3.63, 3.8) is 0 Å². The van der Waals surface area contributed by atoms with Gasteiger partial charge in [0.15, 0.2) is 0 Å². The Kier molecular flexibility index (Phi) is 9.17. The second kappa shape index (κ2) is 11.6. The number of carbonyl (C=O) groups excluding carboxylic acids is 1. The smallest absolute Gasteiger partial charge is 0.232 e. The molecule has 2 aromatic carbocycles. The van der Waals surface area contributed by atoms with Crippen LogP contribution in [-0.4, -0.2) is 40.3 Å². The lowest BCUT2D eigenvalue weighted by molar-refractivity contribution is -0.121. The maximum atomic E-state index is 12.3. The van der Waals surface area contributed by atoms with Crippen LogP contribution in [0.25, 0.3) is 0 Å². The molecule has 0 atom stereocenters. The molecule has 0 radical (unpaired) electrons. The maximum absolute atomic E-state index is 12.3. The molecule has 0 saturated carbocycles. The fraction of sp³-hybridized carbons (Fsp3) is 0.435. The second-order valence-corrected chi connectivity index (χ2v) is 9.02. The van der Waals surface area contributed by atoms with E-state index in [2.05, 4.69) is 12.2 Å². The maximum Gasteiger partial charge on any atom is 0.232 e. The summed E-state index contributed by atoms with van der Waals surface area (Å²) in [6.45, 7) is 5.15. The molecular weight excluding hydrogens is 400 g/mol. The van der Waals surface area contributed by atoms with Crippen molar-refractivity contribution in [3.05, 3.63) is 59.7 Å². The van der Waals surface area contributed by atoms with Gasteiger partial charge >= 0.3 is 0 Å². The van der Waals surface area contributed by atoms with Crippen molar-refractivity contribution >= 4 is 21.6 Å². The molecule has 0 aliphatic rings. The first-order valence-electron chi connectivity index (χ1n) is 10.4. The topological polar surface area (TPSA) is 75.7 Å². The minimum atomic E-state index is -3.42. The predicted octanol–water partition coefficient (Wildman–Crippen LogP) is 3.55. The number of anilines is 1. The molecule has 0 heterocycles. The Morgan fingerprint density at radius 2 is 1.73 bits per heavy atom. The molecule has 0 spiro atoms. The number of rotatable bonds is 12. The highest BCUT2D eigenvalue weighted by Gasteiger charge is 2.19. The minimum Gasteiger partial charge on any atom is -0.492 e. The average molecular weight is 433 g/mol. The van der Waals surface area contributed by atoms with Gasteiger partial charge in [-0.05, 0) is 48.6 Å². The van der Waals surface area contributed by atoms with Crippen molar-refractivity contribution in [2.45, 2.75) is 39.5 Å². The Morgan fingerprint density at radius 1 is 1.03 bits per heavy atom. The fourth-order valence-electron chi connectivity index (χ4n) is 3.17. The van der Waals surface area contributed by atoms with E-state index in [1.165, 1.54) is 16.1 Å². The zero-order chi connectivity index (χ0) is 22.0. The summed E-state index contributed by atoms with van der Waals surface area (Å²) in [4.78, 5) is 12.1. The van der Waals surface area contributed by atoms with Gasteiger partial charge < -0.3 is 10.1 Å². The van der Waals surface area contributed by atoms with Crippen molar-refractivity contribution in [1.29, 1.82) is 0 Å². The van der Waals surface area contributed by atoms with Gasteiger partial charge in [0.2, 0.25) is 15.9 Å². The van der Waals surface area contributed by atoms with Crippen molar-refractivity contribution in [2.24, 2.45) is 0 Å². The Balaban J connectivity index is 1.77. The summed E-state index contributed by atoms with van der Waals surface area (Å²) in [6, 6.07) is 15.4. The van der Waals surface area contributed by atoms with Crippen LogP contribution < -0.4 is 14.4 Å². The molecular formula is C23H32N2O4S. The molecule has 0 saturated heterocycles. The highest BCUT2D eigenvalue weighted by atomic mass is 32.2. The van der Waals surface area contributed by atoms with Crippen LogP contribution in [0.15, 0.2) is 48.5 Å². The van der Waals surface area contributed by atoms with Crippen LogP contribution in [0.2, 0.25) is 0 Å². The number of ether oxygens (including phenoxy) is 1. The molecule has 164 valence electrons. The standard InChI is InChI=1S/C23H32N2O4S/c1-4-19-12-14-21(15-13-19)29-18-16-24-23(26)11-8-17-25(30(3,27)28)22-10-7-6-9-20(22)5-2/h6-7,9-10,12-15H,4-5,8,11,16-18H2,1-3H3,(H,24,26). The third-order valence-corrected chi connectivity index (χ3v) is 6.01. The fourth-order valence-corrected chi connectivity index (χ4v) is 4.17. The number of hydrogen-bond acceptors (Lipinski definition) is 4. The van der Waals surface area contributed by atoms with Crippen LogP contribution in [-0.2, 0) is 27.7 Å². The van der Waals surface area contributed by atoms with E-state index in [0.717, 1.165) is 24.2 Å². The lowest BCUT2D eigenvalue weighted by atomic mass is 10.1. The molecule has 0 aliphatic carbocycles. The van der Waals surface area contributed by atoms with E-state index in [4.69, 9.17) is 4.74 Å². The molecule has 2 aromatic rings. The molecule has 0 bridgehead atoms. The second-order valence-electron chi connectivity index (χ2n) is 7.12. The molecule has 7 heteroatoms. The number of carbonyl (C=O) groups is 1. The van der Waals surface area contributed by atoms with Gasteiger partial charge in [-0.2, -0.15) is 0 Å². The van der Waals surface area contributed by atoms with Gasteiger partial charge in [0, 0.05) is 13.0 Å². The number of aryl methyl sites for hydroxylation is 2. The van der Waals surface area contributed by atoms with Crippen LogP contribution in [0.1, 0.15) is 37.8 Å². The highest BCUT2D eigenvalue weighted by molar-refractivity contribution is 7.92. The lowest BCUT2D eigenvalue weighted by Crippen LogP contribution is -2.33. The van der Waals surface area contributed by atoms with Crippen LogP contribution in [0.5, 0.6) is 5.75 Å². The van der Waals surface area contributed by atoms with Crippen LogP contribution >= 0.6 is 0 Å². The normalized spacial score (nSPS) is 11.2. The van der Waals surface area contributed by atoms with E-state index in [0.29, 0.717) is 25.3 Å². The van der Waals surface area contributed by atoms with Gasteiger partial charge in [-0.1, -0.05) is 44.2 Å². The summed E-state index contributed by atoms with van der Waals surface area (Å²) in [7, 11) is -3.42. The third kappa shape index (κ3) is 7.37. The van der Waals surface area contributed by atoms with Gasteiger partial charge in [0.05, 0.1) is 18.5 Å². The number of para-hydroxylation sites is 1. The van der Waals surface area contributed by atoms with Crippen LogP contribution in [0, 0.1) is 0 Å². The summed E-state index contributed by atoms with van der Waals surface area (Å²) in [5.74, 6) is 0.664. The van der Waals surface area contributed by atoms with E-state index >= 15 is 0 Å². The van der Waals surface area contributed by atoms with Gasteiger partial charge in [0.25, 0.3) is 0 Å². The lowest BCUT2D eigenvalue weighted by Gasteiger charge is -2.24. The molecule has 6 nitrogen and oxygen atoms in total. The van der Waals surface area contributed by atoms with E-state index in [-0.39, 0.29) is 18.9 Å². The monoisotopic (exact) mass is 432 g/mol. The van der Waals surface area contributed by atoms with Gasteiger partial charge in [-0.3, -0.25) is 9.10 Å². The first-order valence-corrected chi connectivity index (χ1v) is 12.2. The van der Waals surface area contributed by atoms with Crippen molar-refractivity contribution in [1.82, 2.24) is 5.32 Å². The summed E-state index contributed by atoms with van der Waals surface area (Å²) in [6.07, 6.45) is 3.62. The molecule has 1 amide bonds. The van der Waals surface area contributed by atoms with E-state index in [9.17, 15) is 13.2 Å². The summed E-state index contributed by atoms with van der Waals surface area (Å²) in [5.41, 5.74) is 2.90. The molecule has 0 aromatic heterocycles. The number of amides is 1. The summed E-state index contributed by atoms with van der Waals surface area (Å²) in [5, 5.41) is 2.82. The van der Waals surface area contributed by atoms with E-state index in [1.807, 2.05) is 55.5 Å². The quantitative estimate of drug-likeness (QED) is 0.521. The van der Waals surface area contributed by atoms with Crippen LogP contribution in [0.3, 0.4) is 0 Å². The Labute approximate surface area is 180 Å². The highest BCUT2D eigenvalue weighted by Crippen LogP contribution is 2.23. The molecule has 0 aliphatic heterocycles. The van der Waals surface area contributed by atoms with E-state index < -0.39 is 10.0 Å². The number of nitrogens with one attached hydrogen (secondary N) is 1. The van der Waals surface area contributed by atoms with Crippen LogP contribution in [0.4, 0.5) is 5.69 Å². The summed E-state index contributed by atoms with van der Waals surface area (Å²) >= 11 is 0. The number of hydrogen-bond donors (Lipinski definition) is 1. The number of benzene rings is 2. The zero-order valence-corrected chi connectivity index (χ0v) is 18.9. The van der Waals surface area contributed by atoms with Crippen molar-refractivity contribution in [2.75, 3.05) is 30.3 Å². The van der Waals surface area contributed by atoms with Gasteiger partial charge in [0.1, 0.15) is 12.4 Å². The summed E-state index contributed by atoms with van der Waals surface area (Å²) < 4.78 is 31.6. The van der Waals surface area contributed by atoms with Gasteiger partial charge in [-0.25, -0.2) is 8.42 Å². The predicted molar refractivity (Wildman–Crippen MR) is 122 cm³/mol. The minimum absolute atomic E-state index is 0.114. The van der Waals surface area contributed by atoms with Gasteiger partial charge in [-0.15, -0.1) is 0 Å². The molecule has 0 unspecified atom stereocenters. The molecule has 30 heavy (non-hydrogen) atoms. The van der Waals surface area contributed by atoms with E-state index in [1.54, 1.807) is 0 Å². The average Bonchev–Trinajstić information content (AvgIpc) is 2.74. The van der Waals surface area contributed by atoms with Crippen molar-refractivity contribution in [3.8, 4) is 5.75 Å². The SMILES string of the molecule is CCc1ccc(OCCNC(=O)CCCN(c2ccccc2CC)S(C)(=O)=O)cc1. The molecule has 2 rings (SSSR count). The Hall–Kier alpha value is -2.54. The third-order valence-electron chi connectivity index (χ3n) is 4.83. The number of sulfonamides is 1. The Morgan fingerprint density at radius 3 is 2.37 bits per heavy atom. The largest absolute Gasteiger partial charge is 0.492 e. The first-order chi connectivity index (χ1) is 14.3. The molecule has 1 N–H and O–H groups in total. The Bertz CT molecular complexity index is 911. The number of nitrogens with zero attached hydrogens (tertiary/aromatic N) is 1. The zero-order valence-electron chi connectivity index (χ0n) is 18.1. The molecule has 0 fully saturated rings. The first kappa shape index (κ1) is 23.7. The van der Waals surface area contributed by atoms with Crippen molar-refractivity contribution < 1.29 is 17.9 Å².